The largest absolute Gasteiger partial charge is 0.497 e. The summed E-state index contributed by atoms with van der Waals surface area (Å²) in [5, 5.41) is 2.78. The van der Waals surface area contributed by atoms with Crippen LogP contribution in [0.4, 0.5) is 11.8 Å². The molecule has 0 saturated carbocycles. The Hall–Kier alpha value is -4.01. The molecule has 1 aromatic heterocycles. The van der Waals surface area contributed by atoms with Gasteiger partial charge in [0.05, 0.1) is 26.4 Å². The van der Waals surface area contributed by atoms with E-state index in [1.807, 2.05) is 51.4 Å². The van der Waals surface area contributed by atoms with E-state index in [-0.39, 0.29) is 23.7 Å². The number of ether oxygens (including phenoxy) is 3. The van der Waals surface area contributed by atoms with Crippen LogP contribution in [-0.4, -0.2) is 56.3 Å². The molecule has 2 aromatic carbocycles. The molecule has 0 aliphatic carbocycles. The Kier molecular flexibility index (Phi) is 8.13. The third kappa shape index (κ3) is 5.31. The average molecular weight is 467 g/mol. The average Bonchev–Trinajstić information content (AvgIpc) is 3.23. The van der Waals surface area contributed by atoms with E-state index in [1.54, 1.807) is 27.7 Å². The zero-order chi connectivity index (χ0) is 24.7. The Morgan fingerprint density at radius 2 is 1.79 bits per heavy atom. The van der Waals surface area contributed by atoms with Crippen LogP contribution in [0.1, 0.15) is 40.6 Å². The van der Waals surface area contributed by atoms with Gasteiger partial charge in [-0.15, -0.1) is 0 Å². The predicted molar refractivity (Wildman–Crippen MR) is 131 cm³/mol. The number of aromatic nitrogens is 2. The number of hydrogen-bond acceptors (Lipinski definition) is 7. The standard InChI is InChI=1S/C25H30N4O5/c1-6-7-15-34-24(31)21-22(26-23(30)19-14-13-18(32-4)16-20(19)33-5)27-25(28(2)3)29(21)17-11-9-8-10-12-17/h8-14,16H,6-7,15H2,1-5H3,(H,26,30). The Morgan fingerprint density at radius 1 is 1.06 bits per heavy atom. The maximum atomic E-state index is 13.2. The number of carbonyl (C=O) groups excluding carboxylic acids is 2. The zero-order valence-corrected chi connectivity index (χ0v) is 20.1. The Bertz CT molecular complexity index is 1140. The summed E-state index contributed by atoms with van der Waals surface area (Å²) in [6.45, 7) is 2.28. The first-order valence-electron chi connectivity index (χ1n) is 11.0. The van der Waals surface area contributed by atoms with Gasteiger partial charge < -0.3 is 24.4 Å². The third-order valence-corrected chi connectivity index (χ3v) is 5.08. The van der Waals surface area contributed by atoms with Gasteiger partial charge in [0, 0.05) is 25.8 Å². The van der Waals surface area contributed by atoms with Crippen molar-refractivity contribution in [2.24, 2.45) is 0 Å². The first-order chi connectivity index (χ1) is 16.4. The van der Waals surface area contributed by atoms with E-state index in [2.05, 4.69) is 10.3 Å². The Balaban J connectivity index is 2.09. The number of hydrogen-bond donors (Lipinski definition) is 1. The Labute approximate surface area is 199 Å². The van der Waals surface area contributed by atoms with Crippen LogP contribution in [0.3, 0.4) is 0 Å². The van der Waals surface area contributed by atoms with Crippen LogP contribution in [0, 0.1) is 0 Å². The molecule has 0 saturated heterocycles. The second-order valence-corrected chi connectivity index (χ2v) is 7.68. The van der Waals surface area contributed by atoms with E-state index in [1.165, 1.54) is 14.2 Å². The highest BCUT2D eigenvalue weighted by Crippen LogP contribution is 2.30. The number of benzene rings is 2. The number of esters is 1. The summed E-state index contributed by atoms with van der Waals surface area (Å²) in [4.78, 5) is 32.8. The van der Waals surface area contributed by atoms with Crippen LogP contribution in [0.15, 0.2) is 48.5 Å². The fraction of sp³-hybridized carbons (Fsp3) is 0.320. The summed E-state index contributed by atoms with van der Waals surface area (Å²) < 4.78 is 17.8. The molecule has 9 heteroatoms. The van der Waals surface area contributed by atoms with Crippen molar-refractivity contribution in [3.05, 3.63) is 59.8 Å². The molecule has 0 radical (unpaired) electrons. The van der Waals surface area contributed by atoms with E-state index < -0.39 is 11.9 Å². The molecule has 0 aliphatic rings. The second-order valence-electron chi connectivity index (χ2n) is 7.68. The maximum Gasteiger partial charge on any atom is 0.359 e. The lowest BCUT2D eigenvalue weighted by molar-refractivity contribution is 0.0492. The monoisotopic (exact) mass is 466 g/mol. The molecule has 3 aromatic rings. The summed E-state index contributed by atoms with van der Waals surface area (Å²) in [5.41, 5.74) is 1.12. The number of para-hydroxylation sites is 1. The number of carbonyl (C=O) groups is 2. The highest BCUT2D eigenvalue weighted by atomic mass is 16.5. The van der Waals surface area contributed by atoms with Crippen molar-refractivity contribution >= 4 is 23.6 Å². The van der Waals surface area contributed by atoms with Gasteiger partial charge in [-0.25, -0.2) is 4.79 Å². The third-order valence-electron chi connectivity index (χ3n) is 5.08. The van der Waals surface area contributed by atoms with Crippen LogP contribution < -0.4 is 19.7 Å². The summed E-state index contributed by atoms with van der Waals surface area (Å²) in [6.07, 6.45) is 1.62. The lowest BCUT2D eigenvalue weighted by Crippen LogP contribution is -2.19. The topological polar surface area (TPSA) is 94.9 Å². The molecule has 0 unspecified atom stereocenters. The normalized spacial score (nSPS) is 10.5. The predicted octanol–water partition coefficient (Wildman–Crippen LogP) is 4.16. The smallest absolute Gasteiger partial charge is 0.359 e. The van der Waals surface area contributed by atoms with Gasteiger partial charge in [-0.1, -0.05) is 31.5 Å². The number of unbranched alkanes of at least 4 members (excludes halogenated alkanes) is 1. The molecular formula is C25H30N4O5. The van der Waals surface area contributed by atoms with Crippen molar-refractivity contribution in [3.8, 4) is 17.2 Å². The van der Waals surface area contributed by atoms with E-state index in [0.29, 0.717) is 23.1 Å². The number of nitrogens with one attached hydrogen (secondary N) is 1. The second kappa shape index (κ2) is 11.2. The molecule has 0 atom stereocenters. The molecule has 0 fully saturated rings. The van der Waals surface area contributed by atoms with Crippen LogP contribution in [0.2, 0.25) is 0 Å². The van der Waals surface area contributed by atoms with Gasteiger partial charge in [-0.2, -0.15) is 4.98 Å². The first-order valence-corrected chi connectivity index (χ1v) is 11.0. The van der Waals surface area contributed by atoms with E-state index >= 15 is 0 Å². The van der Waals surface area contributed by atoms with Gasteiger partial charge >= 0.3 is 5.97 Å². The molecule has 0 aliphatic heterocycles. The van der Waals surface area contributed by atoms with Gasteiger partial charge in [0.2, 0.25) is 5.95 Å². The highest BCUT2D eigenvalue weighted by Gasteiger charge is 2.28. The SMILES string of the molecule is CCCCOC(=O)c1c(NC(=O)c2ccc(OC)cc2OC)nc(N(C)C)n1-c1ccccc1. The van der Waals surface area contributed by atoms with Crippen molar-refractivity contribution < 1.29 is 23.8 Å². The van der Waals surface area contributed by atoms with Gasteiger partial charge in [0.1, 0.15) is 11.5 Å². The molecule has 34 heavy (non-hydrogen) atoms. The zero-order valence-electron chi connectivity index (χ0n) is 20.1. The molecule has 0 bridgehead atoms. The lowest BCUT2D eigenvalue weighted by atomic mass is 10.1. The summed E-state index contributed by atoms with van der Waals surface area (Å²) in [6, 6.07) is 14.2. The van der Waals surface area contributed by atoms with Crippen molar-refractivity contribution in [1.82, 2.24) is 9.55 Å². The number of imidazole rings is 1. The van der Waals surface area contributed by atoms with E-state index in [9.17, 15) is 9.59 Å². The van der Waals surface area contributed by atoms with E-state index in [4.69, 9.17) is 14.2 Å². The molecule has 1 amide bonds. The molecule has 180 valence electrons. The van der Waals surface area contributed by atoms with Gasteiger partial charge in [0.25, 0.3) is 5.91 Å². The molecule has 3 rings (SSSR count). The van der Waals surface area contributed by atoms with Crippen LogP contribution in [0.25, 0.3) is 5.69 Å². The van der Waals surface area contributed by atoms with Gasteiger partial charge in [-0.05, 0) is 30.7 Å². The van der Waals surface area contributed by atoms with E-state index in [0.717, 1.165) is 12.8 Å². The molecule has 1 heterocycles. The minimum Gasteiger partial charge on any atom is -0.497 e. The van der Waals surface area contributed by atoms with Crippen molar-refractivity contribution in [2.75, 3.05) is 45.1 Å². The van der Waals surface area contributed by atoms with Crippen LogP contribution in [-0.2, 0) is 4.74 Å². The molecular weight excluding hydrogens is 436 g/mol. The minimum absolute atomic E-state index is 0.0944. The van der Waals surface area contributed by atoms with Crippen LogP contribution in [0.5, 0.6) is 11.5 Å². The van der Waals surface area contributed by atoms with Crippen molar-refractivity contribution in [3.63, 3.8) is 0 Å². The molecule has 1 N–H and O–H groups in total. The van der Waals surface area contributed by atoms with Gasteiger partial charge in [0.15, 0.2) is 11.5 Å². The fourth-order valence-corrected chi connectivity index (χ4v) is 3.34. The Morgan fingerprint density at radius 3 is 2.41 bits per heavy atom. The summed E-state index contributed by atoms with van der Waals surface area (Å²) in [7, 11) is 6.62. The quantitative estimate of drug-likeness (QED) is 0.354. The number of anilines is 2. The van der Waals surface area contributed by atoms with Gasteiger partial charge in [-0.3, -0.25) is 9.36 Å². The number of methoxy groups -OCH3 is 2. The first kappa shape index (κ1) is 24.6. The molecule has 9 nitrogen and oxygen atoms in total. The fourth-order valence-electron chi connectivity index (χ4n) is 3.34. The van der Waals surface area contributed by atoms with Crippen LogP contribution >= 0.6 is 0 Å². The number of rotatable bonds is 10. The van der Waals surface area contributed by atoms with Crippen molar-refractivity contribution in [2.45, 2.75) is 19.8 Å². The maximum absolute atomic E-state index is 13.2. The summed E-state index contributed by atoms with van der Waals surface area (Å²) >= 11 is 0. The summed E-state index contributed by atoms with van der Waals surface area (Å²) in [5.74, 6) is 0.388. The van der Waals surface area contributed by atoms with Crippen molar-refractivity contribution in [1.29, 1.82) is 0 Å². The highest BCUT2D eigenvalue weighted by molar-refractivity contribution is 6.09. The lowest BCUT2D eigenvalue weighted by Gasteiger charge is -2.16. The molecule has 0 spiro atoms. The number of nitrogens with zero attached hydrogens (tertiary/aromatic N) is 3. The number of amides is 1. The minimum atomic E-state index is -0.574.